The van der Waals surface area contributed by atoms with Crippen LogP contribution in [-0.2, 0) is 4.79 Å². The van der Waals surface area contributed by atoms with Gasteiger partial charge in [0.05, 0.1) is 20.8 Å². The molecule has 0 radical (unpaired) electrons. The first-order valence-electron chi connectivity index (χ1n) is 6.47. The van der Waals surface area contributed by atoms with Crippen molar-refractivity contribution in [2.75, 3.05) is 26.1 Å². The first-order valence-corrected chi connectivity index (χ1v) is 6.47. The van der Waals surface area contributed by atoms with E-state index in [0.29, 0.717) is 18.0 Å². The fourth-order valence-corrected chi connectivity index (χ4v) is 2.10. The van der Waals surface area contributed by atoms with Gasteiger partial charge in [-0.3, -0.25) is 4.79 Å². The Bertz CT molecular complexity index is 739. The first kappa shape index (κ1) is 13.9. The molecule has 22 heavy (non-hydrogen) atoms. The highest BCUT2D eigenvalue weighted by Crippen LogP contribution is 2.28. The lowest BCUT2D eigenvalue weighted by atomic mass is 10.2. The molecule has 0 spiro atoms. The van der Waals surface area contributed by atoms with Crippen molar-refractivity contribution in [1.82, 2.24) is 25.5 Å². The quantitative estimate of drug-likeness (QED) is 0.807. The van der Waals surface area contributed by atoms with Crippen LogP contribution in [-0.4, -0.2) is 46.9 Å². The average Bonchev–Trinajstić information content (AvgIpc) is 3.15. The molecule has 0 bridgehead atoms. The summed E-state index contributed by atoms with van der Waals surface area (Å²) >= 11 is 0. The third-order valence-corrected chi connectivity index (χ3v) is 3.09. The van der Waals surface area contributed by atoms with Gasteiger partial charge in [-0.1, -0.05) is 5.10 Å². The molecular weight excluding hydrogens is 288 g/mol. The minimum atomic E-state index is -0.113. The highest BCUT2D eigenvalue weighted by Gasteiger charge is 2.15. The lowest BCUT2D eigenvalue weighted by molar-refractivity contribution is -0.115. The molecule has 2 N–H and O–H groups in total. The van der Waals surface area contributed by atoms with E-state index in [9.17, 15) is 4.79 Å². The topological polar surface area (TPSA) is 103 Å². The lowest BCUT2D eigenvalue weighted by Gasteiger charge is -2.12. The Labute approximate surface area is 125 Å². The molecule has 3 rings (SSSR count). The second-order valence-electron chi connectivity index (χ2n) is 4.48. The Morgan fingerprint density at radius 2 is 2.18 bits per heavy atom. The number of hydrogen-bond acceptors (Lipinski definition) is 7. The Hall–Kier alpha value is -3.10. The molecule has 0 saturated heterocycles. The number of hydrogen-bond donors (Lipinski definition) is 2. The first-order chi connectivity index (χ1) is 10.7. The number of methoxy groups -OCH3 is 2. The van der Waals surface area contributed by atoms with Crippen LogP contribution in [0, 0.1) is 0 Å². The predicted molar refractivity (Wildman–Crippen MR) is 77.0 cm³/mol. The van der Waals surface area contributed by atoms with Gasteiger partial charge >= 0.3 is 6.01 Å². The monoisotopic (exact) mass is 302 g/mol. The summed E-state index contributed by atoms with van der Waals surface area (Å²) in [6.07, 6.45) is 1.52. The van der Waals surface area contributed by atoms with Crippen molar-refractivity contribution in [2.45, 2.75) is 0 Å². The van der Waals surface area contributed by atoms with Gasteiger partial charge in [0.25, 0.3) is 0 Å². The number of ether oxygens (including phenoxy) is 2. The van der Waals surface area contributed by atoms with E-state index in [1.807, 2.05) is 6.07 Å². The van der Waals surface area contributed by atoms with Crippen LogP contribution in [0.4, 0.5) is 5.69 Å². The van der Waals surface area contributed by atoms with Gasteiger partial charge in [0.1, 0.15) is 11.4 Å². The molecule has 9 heteroatoms. The molecule has 1 amide bonds. The zero-order valence-corrected chi connectivity index (χ0v) is 12.0. The largest absolute Gasteiger partial charge is 0.494 e. The Balaban J connectivity index is 1.96. The van der Waals surface area contributed by atoms with E-state index in [1.54, 1.807) is 19.2 Å². The number of benzene rings is 1. The average molecular weight is 302 g/mol. The number of rotatable bonds is 5. The van der Waals surface area contributed by atoms with E-state index < -0.39 is 0 Å². The molecular formula is C13H14N6O3. The second kappa shape index (κ2) is 5.72. The fourth-order valence-electron chi connectivity index (χ4n) is 2.10. The van der Waals surface area contributed by atoms with Gasteiger partial charge < -0.3 is 20.1 Å². The highest BCUT2D eigenvalue weighted by atomic mass is 16.5. The maximum atomic E-state index is 11.2. The molecule has 9 nitrogen and oxygen atoms in total. The van der Waals surface area contributed by atoms with E-state index in [1.165, 1.54) is 17.9 Å². The minimum absolute atomic E-state index is 0.113. The number of carbonyl (C=O) groups excluding carboxylic acids is 1. The summed E-state index contributed by atoms with van der Waals surface area (Å²) in [5.74, 6) is 0.476. The maximum Gasteiger partial charge on any atom is 0.340 e. The number of anilines is 1. The summed E-state index contributed by atoms with van der Waals surface area (Å²) in [6, 6.07) is 5.67. The third kappa shape index (κ3) is 2.55. The summed E-state index contributed by atoms with van der Waals surface area (Å²) in [7, 11) is 3.04. The van der Waals surface area contributed by atoms with Crippen LogP contribution in [0.2, 0.25) is 0 Å². The Morgan fingerprint density at radius 1 is 1.32 bits per heavy atom. The van der Waals surface area contributed by atoms with Gasteiger partial charge in [0.2, 0.25) is 5.91 Å². The molecule has 0 unspecified atom stereocenters. The van der Waals surface area contributed by atoms with Crippen LogP contribution in [0.15, 0.2) is 30.0 Å². The molecule has 0 saturated carbocycles. The fraction of sp³-hybridized carbons (Fsp3) is 0.231. The van der Waals surface area contributed by atoms with E-state index in [2.05, 4.69) is 26.2 Å². The standard InChI is InChI=1S/C13H14N6O3/c1-21-11-4-3-8(15-9-6-12(20)14-7-9)5-10(11)19-13(22-2)16-17-18-19/h3-6,15H,7H2,1-2H3,(H,14,20). The maximum absolute atomic E-state index is 11.2. The smallest absolute Gasteiger partial charge is 0.340 e. The van der Waals surface area contributed by atoms with E-state index >= 15 is 0 Å². The molecule has 0 aliphatic carbocycles. The third-order valence-electron chi connectivity index (χ3n) is 3.09. The normalized spacial score (nSPS) is 13.5. The predicted octanol–water partition coefficient (Wildman–Crippen LogP) is 0.105. The lowest BCUT2D eigenvalue weighted by Crippen LogP contribution is -2.16. The molecule has 1 aliphatic heterocycles. The summed E-state index contributed by atoms with van der Waals surface area (Å²) in [5, 5.41) is 17.1. The van der Waals surface area contributed by atoms with Crippen molar-refractivity contribution in [3.8, 4) is 17.4 Å². The molecule has 0 fully saturated rings. The van der Waals surface area contributed by atoms with Gasteiger partial charge in [-0.15, -0.1) is 0 Å². The van der Waals surface area contributed by atoms with E-state index in [0.717, 1.165) is 11.4 Å². The zero-order chi connectivity index (χ0) is 15.5. The van der Waals surface area contributed by atoms with Crippen LogP contribution in [0.3, 0.4) is 0 Å². The summed E-state index contributed by atoms with van der Waals surface area (Å²) in [5.41, 5.74) is 2.17. The summed E-state index contributed by atoms with van der Waals surface area (Å²) < 4.78 is 11.9. The van der Waals surface area contributed by atoms with Gasteiger partial charge in [-0.05, 0) is 28.6 Å². The van der Waals surface area contributed by atoms with Crippen molar-refractivity contribution < 1.29 is 14.3 Å². The van der Waals surface area contributed by atoms with Crippen molar-refractivity contribution in [1.29, 1.82) is 0 Å². The number of nitrogens with zero attached hydrogens (tertiary/aromatic N) is 4. The molecule has 1 aromatic heterocycles. The zero-order valence-electron chi connectivity index (χ0n) is 12.0. The SMILES string of the molecule is COc1ccc(NC2=CC(=O)NC2)cc1-n1nnnc1OC. The Kier molecular flexibility index (Phi) is 3.60. The highest BCUT2D eigenvalue weighted by molar-refractivity contribution is 5.91. The van der Waals surface area contributed by atoms with Crippen molar-refractivity contribution in [2.24, 2.45) is 0 Å². The number of carbonyl (C=O) groups is 1. The molecule has 0 atom stereocenters. The van der Waals surface area contributed by atoms with Crippen molar-refractivity contribution in [3.05, 3.63) is 30.0 Å². The number of tetrazole rings is 1. The van der Waals surface area contributed by atoms with E-state index in [-0.39, 0.29) is 11.9 Å². The van der Waals surface area contributed by atoms with Crippen LogP contribution in [0.1, 0.15) is 0 Å². The van der Waals surface area contributed by atoms with Gasteiger partial charge in [-0.2, -0.15) is 4.68 Å². The van der Waals surface area contributed by atoms with Crippen molar-refractivity contribution in [3.63, 3.8) is 0 Å². The van der Waals surface area contributed by atoms with Gasteiger partial charge in [0, 0.05) is 17.5 Å². The summed E-state index contributed by atoms with van der Waals surface area (Å²) in [4.78, 5) is 11.2. The van der Waals surface area contributed by atoms with Crippen LogP contribution in [0.25, 0.3) is 5.69 Å². The number of nitrogens with one attached hydrogen (secondary N) is 2. The molecule has 1 aliphatic rings. The second-order valence-corrected chi connectivity index (χ2v) is 4.48. The van der Waals surface area contributed by atoms with E-state index in [4.69, 9.17) is 9.47 Å². The van der Waals surface area contributed by atoms with Crippen LogP contribution < -0.4 is 20.1 Å². The summed E-state index contributed by atoms with van der Waals surface area (Å²) in [6.45, 7) is 0.467. The number of amides is 1. The number of aromatic nitrogens is 4. The van der Waals surface area contributed by atoms with Crippen LogP contribution in [0.5, 0.6) is 11.8 Å². The Morgan fingerprint density at radius 3 is 2.86 bits per heavy atom. The molecule has 2 heterocycles. The molecule has 2 aromatic rings. The van der Waals surface area contributed by atoms with Crippen LogP contribution >= 0.6 is 0 Å². The molecule has 114 valence electrons. The minimum Gasteiger partial charge on any atom is -0.494 e. The van der Waals surface area contributed by atoms with Gasteiger partial charge in [0.15, 0.2) is 0 Å². The molecule has 1 aromatic carbocycles. The van der Waals surface area contributed by atoms with Crippen molar-refractivity contribution >= 4 is 11.6 Å². The van der Waals surface area contributed by atoms with Gasteiger partial charge in [-0.25, -0.2) is 0 Å².